The first-order valence-electron chi connectivity index (χ1n) is 13.9. The van der Waals surface area contributed by atoms with Crippen molar-refractivity contribution in [3.63, 3.8) is 0 Å². The highest BCUT2D eigenvalue weighted by Crippen LogP contribution is 2.30. The van der Waals surface area contributed by atoms with Crippen molar-refractivity contribution >= 4 is 23.7 Å². The third-order valence-corrected chi connectivity index (χ3v) is 7.93. The Hall–Kier alpha value is -3.62. The Morgan fingerprint density at radius 1 is 1.20 bits per heavy atom. The van der Waals surface area contributed by atoms with E-state index in [1.54, 1.807) is 37.4 Å². The summed E-state index contributed by atoms with van der Waals surface area (Å²) >= 11 is 6.01. The number of pyridine rings is 1. The minimum absolute atomic E-state index is 0.106. The topological polar surface area (TPSA) is 86.4 Å². The summed E-state index contributed by atoms with van der Waals surface area (Å²) in [6, 6.07) is 16.9. The molecule has 1 fully saturated rings. The SMILES string of the molecule is CCOc1ccc(C=NNC(=O)C(C)Oc2ccc(Cl)cc2C)cc1C[NH+]1CC2CC(C1)c1cccc(=O)n1C2. The zero-order chi connectivity index (χ0) is 28.2. The number of hydrogen-bond acceptors (Lipinski definition) is 5. The number of nitrogens with zero attached hydrogens (tertiary/aromatic N) is 2. The number of piperidine rings is 1. The van der Waals surface area contributed by atoms with Crippen molar-refractivity contribution in [2.75, 3.05) is 19.7 Å². The molecule has 0 radical (unpaired) electrons. The van der Waals surface area contributed by atoms with Crippen molar-refractivity contribution in [2.24, 2.45) is 11.0 Å². The van der Waals surface area contributed by atoms with Gasteiger partial charge in [0.15, 0.2) is 6.10 Å². The molecular formula is C31H36ClN4O4+. The number of aryl methyl sites for hydroxylation is 1. The lowest BCUT2D eigenvalue weighted by Gasteiger charge is -2.40. The van der Waals surface area contributed by atoms with Crippen LogP contribution in [-0.4, -0.2) is 42.5 Å². The van der Waals surface area contributed by atoms with Gasteiger partial charge in [0.05, 0.1) is 25.9 Å². The predicted molar refractivity (Wildman–Crippen MR) is 156 cm³/mol. The van der Waals surface area contributed by atoms with Crippen LogP contribution in [0.1, 0.15) is 48.6 Å². The number of aromatic nitrogens is 1. The molecule has 0 spiro atoms. The summed E-state index contributed by atoms with van der Waals surface area (Å²) in [6.07, 6.45) is 2.05. The van der Waals surface area contributed by atoms with E-state index in [4.69, 9.17) is 21.1 Å². The molecule has 2 aliphatic rings. The van der Waals surface area contributed by atoms with Crippen molar-refractivity contribution in [3.05, 3.63) is 92.4 Å². The van der Waals surface area contributed by atoms with E-state index in [2.05, 4.69) is 22.7 Å². The van der Waals surface area contributed by atoms with Crippen molar-refractivity contribution in [1.82, 2.24) is 9.99 Å². The standard InChI is InChI=1S/C31H35ClN4O4/c1-4-39-29-10-8-22(15-33-34-31(38)21(3)40-28-11-9-26(32)12-20(28)2)13-25(29)19-35-16-23-14-24(18-35)27-6-5-7-30(37)36(27)17-23/h5-13,15,21,23-24H,4,14,16-19H2,1-3H3,(H,34,38)/p+1. The quantitative estimate of drug-likeness (QED) is 0.309. The number of quaternary nitrogens is 1. The summed E-state index contributed by atoms with van der Waals surface area (Å²) in [4.78, 5) is 26.4. The van der Waals surface area contributed by atoms with Crippen molar-refractivity contribution in [2.45, 2.75) is 52.3 Å². The van der Waals surface area contributed by atoms with Crippen LogP contribution in [0.2, 0.25) is 5.02 Å². The van der Waals surface area contributed by atoms with Crippen molar-refractivity contribution in [3.8, 4) is 11.5 Å². The molecule has 2 aromatic carbocycles. The van der Waals surface area contributed by atoms with Crippen molar-refractivity contribution < 1.29 is 19.2 Å². The molecule has 4 atom stereocenters. The lowest BCUT2D eigenvalue weighted by atomic mass is 9.83. The second kappa shape index (κ2) is 12.3. The molecule has 3 heterocycles. The summed E-state index contributed by atoms with van der Waals surface area (Å²) in [6.45, 7) is 9.73. The van der Waals surface area contributed by atoms with E-state index in [1.165, 1.54) is 4.90 Å². The molecule has 4 unspecified atom stereocenters. The smallest absolute Gasteiger partial charge is 0.280 e. The van der Waals surface area contributed by atoms with E-state index >= 15 is 0 Å². The van der Waals surface area contributed by atoms with Gasteiger partial charge >= 0.3 is 0 Å². The summed E-state index contributed by atoms with van der Waals surface area (Å²) in [5.74, 6) is 1.99. The van der Waals surface area contributed by atoms with Gasteiger partial charge in [-0.2, -0.15) is 5.10 Å². The molecule has 2 aliphatic heterocycles. The average Bonchev–Trinajstić information content (AvgIpc) is 2.92. The van der Waals surface area contributed by atoms with Gasteiger partial charge in [-0.15, -0.1) is 0 Å². The number of carbonyl (C=O) groups is 1. The maximum atomic E-state index is 12.6. The Morgan fingerprint density at radius 2 is 2.02 bits per heavy atom. The van der Waals surface area contributed by atoms with E-state index < -0.39 is 6.10 Å². The Balaban J connectivity index is 1.24. The Morgan fingerprint density at radius 3 is 2.83 bits per heavy atom. The molecule has 2 bridgehead atoms. The van der Waals surface area contributed by atoms with Gasteiger partial charge in [-0.25, -0.2) is 5.43 Å². The maximum absolute atomic E-state index is 12.6. The van der Waals surface area contributed by atoms with Crippen LogP contribution >= 0.6 is 11.6 Å². The first-order valence-corrected chi connectivity index (χ1v) is 14.2. The Bertz CT molecular complexity index is 1470. The minimum atomic E-state index is -0.726. The van der Waals surface area contributed by atoms with Crippen LogP contribution in [0.25, 0.3) is 0 Å². The van der Waals surface area contributed by atoms with Crippen LogP contribution in [0.15, 0.2) is 64.5 Å². The molecule has 9 heteroatoms. The highest BCUT2D eigenvalue weighted by atomic mass is 35.5. The lowest BCUT2D eigenvalue weighted by Crippen LogP contribution is -3.13. The zero-order valence-electron chi connectivity index (χ0n) is 23.2. The van der Waals surface area contributed by atoms with Gasteiger partial charge in [-0.05, 0) is 80.8 Å². The maximum Gasteiger partial charge on any atom is 0.280 e. The van der Waals surface area contributed by atoms with E-state index in [-0.39, 0.29) is 11.5 Å². The van der Waals surface area contributed by atoms with Gasteiger partial charge in [0.25, 0.3) is 11.5 Å². The minimum Gasteiger partial charge on any atom is -0.493 e. The number of ether oxygens (including phenoxy) is 2. The lowest BCUT2D eigenvalue weighted by molar-refractivity contribution is -0.924. The summed E-state index contributed by atoms with van der Waals surface area (Å²) in [5.41, 5.74) is 6.67. The molecule has 3 aromatic rings. The highest BCUT2D eigenvalue weighted by Gasteiger charge is 2.37. The molecule has 1 saturated heterocycles. The average molecular weight is 564 g/mol. The van der Waals surface area contributed by atoms with Crippen LogP contribution in [0.3, 0.4) is 0 Å². The number of nitrogens with one attached hydrogen (secondary N) is 2. The van der Waals surface area contributed by atoms with Gasteiger partial charge in [0, 0.05) is 40.7 Å². The van der Waals surface area contributed by atoms with E-state index in [0.29, 0.717) is 29.2 Å². The molecular weight excluding hydrogens is 528 g/mol. The second-order valence-electron chi connectivity index (χ2n) is 10.7. The largest absolute Gasteiger partial charge is 0.493 e. The van der Waals surface area contributed by atoms with Crippen LogP contribution in [0.5, 0.6) is 11.5 Å². The summed E-state index contributed by atoms with van der Waals surface area (Å²) < 4.78 is 13.7. The number of carbonyl (C=O) groups excluding carboxylic acids is 1. The number of hydrogen-bond donors (Lipinski definition) is 2. The summed E-state index contributed by atoms with van der Waals surface area (Å²) in [5, 5.41) is 4.80. The van der Waals surface area contributed by atoms with Gasteiger partial charge in [-0.1, -0.05) is 17.7 Å². The summed E-state index contributed by atoms with van der Waals surface area (Å²) in [7, 11) is 0. The van der Waals surface area contributed by atoms with Crippen LogP contribution in [-0.2, 0) is 17.9 Å². The molecule has 5 rings (SSSR count). The molecule has 1 aromatic heterocycles. The molecule has 8 nitrogen and oxygen atoms in total. The number of hydrazone groups is 1. The fourth-order valence-corrected chi connectivity index (χ4v) is 6.12. The molecule has 210 valence electrons. The number of halogens is 1. The third kappa shape index (κ3) is 6.40. The molecule has 1 amide bonds. The Labute approximate surface area is 239 Å². The van der Waals surface area contributed by atoms with Gasteiger partial charge < -0.3 is 18.9 Å². The molecule has 2 N–H and O–H groups in total. The van der Waals surface area contributed by atoms with Gasteiger partial charge in [-0.3, -0.25) is 9.59 Å². The fourth-order valence-electron chi connectivity index (χ4n) is 5.90. The van der Waals surface area contributed by atoms with Crippen LogP contribution in [0, 0.1) is 12.8 Å². The number of rotatable bonds is 9. The first kappa shape index (κ1) is 27.9. The van der Waals surface area contributed by atoms with E-state index in [0.717, 1.165) is 60.7 Å². The van der Waals surface area contributed by atoms with Crippen molar-refractivity contribution in [1.29, 1.82) is 0 Å². The van der Waals surface area contributed by atoms with Crippen LogP contribution in [0.4, 0.5) is 0 Å². The van der Waals surface area contributed by atoms with E-state index in [9.17, 15) is 9.59 Å². The molecule has 0 saturated carbocycles. The number of benzene rings is 2. The highest BCUT2D eigenvalue weighted by molar-refractivity contribution is 6.30. The van der Waals surface area contributed by atoms with Gasteiger partial charge in [0.1, 0.15) is 18.0 Å². The number of amides is 1. The zero-order valence-corrected chi connectivity index (χ0v) is 23.9. The second-order valence-corrected chi connectivity index (χ2v) is 11.2. The third-order valence-electron chi connectivity index (χ3n) is 7.70. The fraction of sp³-hybridized carbons (Fsp3) is 0.387. The number of likely N-dealkylation sites (tertiary alicyclic amines) is 1. The van der Waals surface area contributed by atoms with Crippen LogP contribution < -0.4 is 25.4 Å². The molecule has 40 heavy (non-hydrogen) atoms. The normalized spacial score (nSPS) is 20.6. The monoisotopic (exact) mass is 563 g/mol. The molecule has 0 aliphatic carbocycles. The Kier molecular flexibility index (Phi) is 8.57. The number of fused-ring (bicyclic) bond motifs is 4. The van der Waals surface area contributed by atoms with E-state index in [1.807, 2.05) is 36.6 Å². The first-order chi connectivity index (χ1) is 19.3. The van der Waals surface area contributed by atoms with Gasteiger partial charge in [0.2, 0.25) is 0 Å². The predicted octanol–water partition coefficient (Wildman–Crippen LogP) is 3.33.